The molecule has 0 atom stereocenters. The van der Waals surface area contributed by atoms with Crippen LogP contribution in [0.25, 0.3) is 10.9 Å². The van der Waals surface area contributed by atoms with Crippen molar-refractivity contribution in [2.24, 2.45) is 5.10 Å². The Hall–Kier alpha value is -3.48. The van der Waals surface area contributed by atoms with Crippen LogP contribution in [0.4, 0.5) is 11.5 Å². The van der Waals surface area contributed by atoms with E-state index in [1.807, 2.05) is 30.3 Å². The van der Waals surface area contributed by atoms with Crippen molar-refractivity contribution in [1.82, 2.24) is 10.4 Å². The number of hydrogen-bond donors (Lipinski definition) is 3. The zero-order valence-corrected chi connectivity index (χ0v) is 14.7. The smallest absolute Gasteiger partial charge is 0.296 e. The minimum atomic E-state index is -0.219. The lowest BCUT2D eigenvalue weighted by Gasteiger charge is -2.06. The number of H-pyrrole nitrogens is 1. The van der Waals surface area contributed by atoms with Crippen LogP contribution in [0.2, 0.25) is 0 Å². The fourth-order valence-electron chi connectivity index (χ4n) is 2.51. The van der Waals surface area contributed by atoms with Crippen LogP contribution in [-0.4, -0.2) is 16.6 Å². The first-order valence-corrected chi connectivity index (χ1v) is 8.23. The van der Waals surface area contributed by atoms with Gasteiger partial charge in [0.1, 0.15) is 23.6 Å². The van der Waals surface area contributed by atoms with E-state index < -0.39 is 0 Å². The number of aromatic amines is 1. The van der Waals surface area contributed by atoms with Crippen molar-refractivity contribution in [1.29, 1.82) is 0 Å². The Balaban J connectivity index is 1.77. The Morgan fingerprint density at radius 3 is 2.88 bits per heavy atom. The fourth-order valence-corrected chi connectivity index (χ4v) is 2.51. The van der Waals surface area contributed by atoms with Gasteiger partial charge in [-0.3, -0.25) is 15.1 Å². The van der Waals surface area contributed by atoms with Gasteiger partial charge in [0.25, 0.3) is 5.82 Å². The molecule has 0 saturated heterocycles. The van der Waals surface area contributed by atoms with Gasteiger partial charge in [0, 0.05) is 18.5 Å². The van der Waals surface area contributed by atoms with Crippen LogP contribution in [-0.2, 0) is 11.3 Å². The third-order valence-electron chi connectivity index (χ3n) is 3.89. The lowest BCUT2D eigenvalue weighted by Crippen LogP contribution is -2.24. The molecule has 0 fully saturated rings. The van der Waals surface area contributed by atoms with Gasteiger partial charge in [-0.2, -0.15) is 5.10 Å². The van der Waals surface area contributed by atoms with Crippen molar-refractivity contribution in [3.8, 4) is 0 Å². The molecule has 3 rings (SSSR count). The van der Waals surface area contributed by atoms with Crippen LogP contribution in [0, 0.1) is 0 Å². The molecule has 0 aliphatic carbocycles. The molecule has 0 radical (unpaired) electrons. The predicted molar refractivity (Wildman–Crippen MR) is 103 cm³/mol. The van der Waals surface area contributed by atoms with Crippen LogP contribution in [0.5, 0.6) is 0 Å². The summed E-state index contributed by atoms with van der Waals surface area (Å²) >= 11 is 0. The molecule has 2 aromatic heterocycles. The average Bonchev–Trinajstić information content (AvgIpc) is 2.65. The number of carbonyl (C=O) groups is 1. The molecule has 1 aromatic carbocycles. The van der Waals surface area contributed by atoms with Gasteiger partial charge in [-0.15, -0.1) is 0 Å². The Bertz CT molecular complexity index is 983. The van der Waals surface area contributed by atoms with Crippen LogP contribution in [0.15, 0.2) is 53.8 Å². The third-order valence-corrected chi connectivity index (χ3v) is 3.89. The fraction of sp³-hybridized carbons (Fsp3) is 0.158. The monoisotopic (exact) mass is 349 g/mol. The number of nitrogens with zero attached hydrogens (tertiary/aromatic N) is 2. The van der Waals surface area contributed by atoms with E-state index in [2.05, 4.69) is 31.9 Å². The summed E-state index contributed by atoms with van der Waals surface area (Å²) < 4.78 is 0. The number of nitrogens with one attached hydrogen (secondary N) is 3. The molecule has 0 unspecified atom stereocenters. The summed E-state index contributed by atoms with van der Waals surface area (Å²) in [6.07, 6.45) is 1.78. The van der Waals surface area contributed by atoms with Crippen molar-refractivity contribution in [3.05, 3.63) is 59.9 Å². The van der Waals surface area contributed by atoms with Crippen LogP contribution in [0.3, 0.4) is 0 Å². The SMILES string of the molecule is CC(=O)NN=C(C)c1ccc(N)c(NCc2ccc3ncccc3c2)[nH+]1. The molecule has 0 saturated carbocycles. The zero-order chi connectivity index (χ0) is 18.5. The maximum atomic E-state index is 11.0. The van der Waals surface area contributed by atoms with Gasteiger partial charge in [-0.25, -0.2) is 10.4 Å². The van der Waals surface area contributed by atoms with Crippen molar-refractivity contribution in [2.75, 3.05) is 11.1 Å². The highest BCUT2D eigenvalue weighted by molar-refractivity contribution is 5.96. The van der Waals surface area contributed by atoms with Crippen molar-refractivity contribution in [2.45, 2.75) is 20.4 Å². The molecule has 7 heteroatoms. The number of carbonyl (C=O) groups excluding carboxylic acids is 1. The lowest BCUT2D eigenvalue weighted by atomic mass is 10.1. The Kier molecular flexibility index (Phi) is 5.07. The summed E-state index contributed by atoms with van der Waals surface area (Å²) in [6.45, 7) is 3.82. The maximum Gasteiger partial charge on any atom is 0.296 e. The molecule has 0 spiro atoms. The first kappa shape index (κ1) is 17.3. The average molecular weight is 349 g/mol. The van der Waals surface area contributed by atoms with E-state index in [0.29, 0.717) is 23.8 Å². The van der Waals surface area contributed by atoms with Crippen molar-refractivity contribution < 1.29 is 9.78 Å². The normalized spacial score (nSPS) is 11.4. The number of hydrogen-bond acceptors (Lipinski definition) is 5. The van der Waals surface area contributed by atoms with Gasteiger partial charge in [0.2, 0.25) is 5.91 Å². The number of amides is 1. The van der Waals surface area contributed by atoms with Crippen molar-refractivity contribution >= 4 is 34.0 Å². The quantitative estimate of drug-likeness (QED) is 0.484. The summed E-state index contributed by atoms with van der Waals surface area (Å²) in [6, 6.07) is 13.7. The first-order valence-electron chi connectivity index (χ1n) is 8.23. The molecule has 1 amide bonds. The summed E-state index contributed by atoms with van der Waals surface area (Å²) in [5, 5.41) is 8.43. The van der Waals surface area contributed by atoms with E-state index in [4.69, 9.17) is 5.73 Å². The number of nitrogens with two attached hydrogens (primary N) is 1. The number of rotatable bonds is 5. The Morgan fingerprint density at radius 1 is 1.23 bits per heavy atom. The minimum absolute atomic E-state index is 0.219. The van der Waals surface area contributed by atoms with Crippen LogP contribution >= 0.6 is 0 Å². The van der Waals surface area contributed by atoms with Crippen LogP contribution < -0.4 is 21.5 Å². The summed E-state index contributed by atoms with van der Waals surface area (Å²) in [7, 11) is 0. The highest BCUT2D eigenvalue weighted by Crippen LogP contribution is 2.16. The molecule has 0 bridgehead atoms. The van der Waals surface area contributed by atoms with Gasteiger partial charge in [0.15, 0.2) is 0 Å². The van der Waals surface area contributed by atoms with Gasteiger partial charge < -0.3 is 5.73 Å². The van der Waals surface area contributed by atoms with E-state index in [1.165, 1.54) is 6.92 Å². The largest absolute Gasteiger partial charge is 0.392 e. The maximum absolute atomic E-state index is 11.0. The molecule has 0 aliphatic rings. The predicted octanol–water partition coefficient (Wildman–Crippen LogP) is 2.10. The summed E-state index contributed by atoms with van der Waals surface area (Å²) in [5.41, 5.74) is 12.6. The second-order valence-electron chi connectivity index (χ2n) is 5.95. The highest BCUT2D eigenvalue weighted by Gasteiger charge is 2.12. The van der Waals surface area contributed by atoms with Crippen LogP contribution in [0.1, 0.15) is 25.1 Å². The summed E-state index contributed by atoms with van der Waals surface area (Å²) in [4.78, 5) is 18.5. The third kappa shape index (κ3) is 4.13. The molecule has 26 heavy (non-hydrogen) atoms. The summed E-state index contributed by atoms with van der Waals surface area (Å²) in [5.74, 6) is 0.482. The van der Waals surface area contributed by atoms with Gasteiger partial charge >= 0.3 is 0 Å². The minimum Gasteiger partial charge on any atom is -0.392 e. The van der Waals surface area contributed by atoms with Gasteiger partial charge in [0.05, 0.1) is 5.52 Å². The number of hydrazone groups is 1. The molecule has 7 nitrogen and oxygen atoms in total. The van der Waals surface area contributed by atoms with E-state index >= 15 is 0 Å². The van der Waals surface area contributed by atoms with E-state index in [0.717, 1.165) is 22.2 Å². The zero-order valence-electron chi connectivity index (χ0n) is 14.7. The second kappa shape index (κ2) is 7.60. The highest BCUT2D eigenvalue weighted by atomic mass is 16.2. The lowest BCUT2D eigenvalue weighted by molar-refractivity contribution is -0.362. The standard InChI is InChI=1S/C19H20N6O/c1-12(24-25-13(2)26)17-8-6-16(20)19(23-17)22-11-14-5-7-18-15(10-14)4-3-9-21-18/h3-10H,11,20H2,1-2H3,(H,22,23)(H,25,26)/p+1. The van der Waals surface area contributed by atoms with E-state index in [-0.39, 0.29) is 5.91 Å². The Morgan fingerprint density at radius 2 is 2.08 bits per heavy atom. The topological polar surface area (TPSA) is 107 Å². The molecular formula is C19H21N6O+. The number of nitrogen functional groups attached to an aromatic ring is 1. The van der Waals surface area contributed by atoms with Gasteiger partial charge in [-0.05, 0) is 42.8 Å². The molecule has 132 valence electrons. The first-order chi connectivity index (χ1) is 12.5. The van der Waals surface area contributed by atoms with Crippen molar-refractivity contribution in [3.63, 3.8) is 0 Å². The number of fused-ring (bicyclic) bond motifs is 1. The number of anilines is 2. The molecule has 5 N–H and O–H groups in total. The second-order valence-corrected chi connectivity index (χ2v) is 5.95. The number of pyridine rings is 2. The number of benzene rings is 1. The molecule has 0 aliphatic heterocycles. The van der Waals surface area contributed by atoms with E-state index in [1.54, 1.807) is 19.2 Å². The molecule has 2 heterocycles. The Labute approximate surface area is 151 Å². The molecular weight excluding hydrogens is 328 g/mol. The molecule has 3 aromatic rings. The van der Waals surface area contributed by atoms with E-state index in [9.17, 15) is 4.79 Å². The number of aromatic nitrogens is 2. The van der Waals surface area contributed by atoms with Gasteiger partial charge in [-0.1, -0.05) is 12.1 Å².